The lowest BCUT2D eigenvalue weighted by atomic mass is 9.85. The molecule has 6 nitrogen and oxygen atoms in total. The highest BCUT2D eigenvalue weighted by molar-refractivity contribution is 6.01. The predicted molar refractivity (Wildman–Crippen MR) is 68.3 cm³/mol. The predicted octanol–water partition coefficient (Wildman–Crippen LogP) is 0.615. The van der Waals surface area contributed by atoms with E-state index in [1.807, 2.05) is 17.1 Å². The zero-order valence-electron chi connectivity index (χ0n) is 10.2. The molecule has 1 spiro atoms. The van der Waals surface area contributed by atoms with E-state index in [0.717, 1.165) is 0 Å². The SMILES string of the molecule is NC(=O)C1=CCN2C=COCC3(C=COC=C3)C2=N1. The van der Waals surface area contributed by atoms with Crippen LogP contribution in [0.4, 0.5) is 0 Å². The van der Waals surface area contributed by atoms with Crippen molar-refractivity contribution in [1.82, 2.24) is 4.90 Å². The van der Waals surface area contributed by atoms with E-state index >= 15 is 0 Å². The van der Waals surface area contributed by atoms with Gasteiger partial charge in [-0.15, -0.1) is 0 Å². The molecule has 3 aliphatic rings. The van der Waals surface area contributed by atoms with Gasteiger partial charge in [0.25, 0.3) is 5.91 Å². The van der Waals surface area contributed by atoms with Gasteiger partial charge in [-0.25, -0.2) is 4.99 Å². The lowest BCUT2D eigenvalue weighted by Crippen LogP contribution is -2.43. The standard InChI is InChI=1S/C13H13N3O3/c14-11(17)10-1-4-16-5-8-19-9-13(12(16)15-10)2-6-18-7-3-13/h1-3,5-8H,4,9H2,(H2,14,17). The molecule has 98 valence electrons. The zero-order chi connectivity index (χ0) is 13.3. The molecule has 0 radical (unpaired) electrons. The van der Waals surface area contributed by atoms with Gasteiger partial charge in [-0.1, -0.05) is 0 Å². The Morgan fingerprint density at radius 2 is 2.16 bits per heavy atom. The number of carbonyl (C=O) groups excluding carboxylic acids is 1. The first-order chi connectivity index (χ1) is 9.21. The molecule has 6 heteroatoms. The van der Waals surface area contributed by atoms with Gasteiger partial charge in [-0.2, -0.15) is 0 Å². The largest absolute Gasteiger partial charge is 0.498 e. The topological polar surface area (TPSA) is 77.2 Å². The number of aliphatic imine (C=N–C) groups is 1. The second-order valence-corrected chi connectivity index (χ2v) is 4.42. The van der Waals surface area contributed by atoms with Crippen molar-refractivity contribution in [2.75, 3.05) is 13.2 Å². The van der Waals surface area contributed by atoms with Crippen LogP contribution < -0.4 is 5.73 Å². The Morgan fingerprint density at radius 1 is 1.37 bits per heavy atom. The number of primary amides is 1. The smallest absolute Gasteiger partial charge is 0.267 e. The molecule has 3 rings (SSSR count). The van der Waals surface area contributed by atoms with Crippen LogP contribution in [0, 0.1) is 5.41 Å². The van der Waals surface area contributed by atoms with E-state index in [4.69, 9.17) is 15.2 Å². The summed E-state index contributed by atoms with van der Waals surface area (Å²) >= 11 is 0. The highest BCUT2D eigenvalue weighted by Gasteiger charge is 2.39. The molecule has 0 aliphatic carbocycles. The number of amidine groups is 1. The fourth-order valence-electron chi connectivity index (χ4n) is 2.19. The lowest BCUT2D eigenvalue weighted by Gasteiger charge is -2.34. The Kier molecular flexibility index (Phi) is 2.63. The lowest BCUT2D eigenvalue weighted by molar-refractivity contribution is -0.114. The summed E-state index contributed by atoms with van der Waals surface area (Å²) in [7, 11) is 0. The quantitative estimate of drug-likeness (QED) is 0.748. The Bertz CT molecular complexity index is 545. The van der Waals surface area contributed by atoms with Gasteiger partial charge in [0.15, 0.2) is 0 Å². The van der Waals surface area contributed by atoms with E-state index in [1.165, 1.54) is 0 Å². The number of amides is 1. The summed E-state index contributed by atoms with van der Waals surface area (Å²) in [6.45, 7) is 0.919. The Labute approximate surface area is 110 Å². The van der Waals surface area contributed by atoms with Crippen LogP contribution in [-0.4, -0.2) is 29.8 Å². The third-order valence-corrected chi connectivity index (χ3v) is 3.20. The van der Waals surface area contributed by atoms with Crippen LogP contribution in [0.25, 0.3) is 0 Å². The number of rotatable bonds is 1. The van der Waals surface area contributed by atoms with Crippen molar-refractivity contribution >= 4 is 11.7 Å². The molecule has 3 heterocycles. The maximum absolute atomic E-state index is 11.3. The van der Waals surface area contributed by atoms with Crippen LogP contribution in [0.15, 0.2) is 53.9 Å². The van der Waals surface area contributed by atoms with Crippen LogP contribution in [0.3, 0.4) is 0 Å². The number of fused-ring (bicyclic) bond motifs is 2. The molecule has 3 aliphatic heterocycles. The first kappa shape index (κ1) is 11.6. The number of hydrogen-bond acceptors (Lipinski definition) is 5. The third-order valence-electron chi connectivity index (χ3n) is 3.20. The van der Waals surface area contributed by atoms with Gasteiger partial charge >= 0.3 is 0 Å². The normalized spacial score (nSPS) is 22.8. The van der Waals surface area contributed by atoms with E-state index in [9.17, 15) is 4.79 Å². The van der Waals surface area contributed by atoms with Crippen molar-refractivity contribution in [3.8, 4) is 0 Å². The van der Waals surface area contributed by atoms with Crippen molar-refractivity contribution in [3.05, 3.63) is 48.9 Å². The number of ether oxygens (including phenoxy) is 2. The molecule has 0 aromatic carbocycles. The van der Waals surface area contributed by atoms with E-state index in [-0.39, 0.29) is 5.70 Å². The molecule has 1 amide bonds. The number of nitrogens with zero attached hydrogens (tertiary/aromatic N) is 2. The van der Waals surface area contributed by atoms with Crippen LogP contribution in [0.2, 0.25) is 0 Å². The van der Waals surface area contributed by atoms with Crippen LogP contribution in [0.1, 0.15) is 0 Å². The maximum atomic E-state index is 11.3. The van der Waals surface area contributed by atoms with Crippen molar-refractivity contribution in [1.29, 1.82) is 0 Å². The highest BCUT2D eigenvalue weighted by atomic mass is 16.5. The first-order valence-corrected chi connectivity index (χ1v) is 5.86. The first-order valence-electron chi connectivity index (χ1n) is 5.86. The van der Waals surface area contributed by atoms with Gasteiger partial charge in [0, 0.05) is 12.7 Å². The minimum absolute atomic E-state index is 0.272. The van der Waals surface area contributed by atoms with E-state index in [1.54, 1.807) is 31.1 Å². The third kappa shape index (κ3) is 1.91. The molecular weight excluding hydrogens is 246 g/mol. The Morgan fingerprint density at radius 3 is 2.89 bits per heavy atom. The van der Waals surface area contributed by atoms with Gasteiger partial charge < -0.3 is 20.1 Å². The van der Waals surface area contributed by atoms with Crippen LogP contribution >= 0.6 is 0 Å². The number of carbonyl (C=O) groups is 1. The summed E-state index contributed by atoms with van der Waals surface area (Å²) in [5, 5.41) is 0. The average molecular weight is 259 g/mol. The van der Waals surface area contributed by atoms with E-state index < -0.39 is 11.3 Å². The Balaban J connectivity index is 2.08. The van der Waals surface area contributed by atoms with Crippen LogP contribution in [0.5, 0.6) is 0 Å². The molecule has 0 atom stereocenters. The van der Waals surface area contributed by atoms with Gasteiger partial charge in [0.2, 0.25) is 0 Å². The molecule has 0 unspecified atom stereocenters. The summed E-state index contributed by atoms with van der Waals surface area (Å²) in [6, 6.07) is 0. The molecule has 0 fully saturated rings. The molecule has 0 saturated heterocycles. The molecule has 0 aromatic heterocycles. The number of hydrogen-bond donors (Lipinski definition) is 1. The average Bonchev–Trinajstić information content (AvgIpc) is 2.60. The summed E-state index contributed by atoms with van der Waals surface area (Å²) in [4.78, 5) is 17.6. The fourth-order valence-corrected chi connectivity index (χ4v) is 2.19. The summed E-state index contributed by atoms with van der Waals surface area (Å²) in [6.07, 6.45) is 12.0. The summed E-state index contributed by atoms with van der Waals surface area (Å²) < 4.78 is 10.6. The molecule has 0 aromatic rings. The summed E-state index contributed by atoms with van der Waals surface area (Å²) in [5.74, 6) is 0.171. The van der Waals surface area contributed by atoms with Gasteiger partial charge in [0.1, 0.15) is 23.6 Å². The molecule has 0 saturated carbocycles. The molecule has 2 N–H and O–H groups in total. The fraction of sp³-hybridized carbons (Fsp3) is 0.231. The maximum Gasteiger partial charge on any atom is 0.267 e. The molecular formula is C13H13N3O3. The monoisotopic (exact) mass is 259 g/mol. The van der Waals surface area contributed by atoms with Crippen molar-refractivity contribution in [2.24, 2.45) is 16.1 Å². The van der Waals surface area contributed by atoms with Crippen molar-refractivity contribution < 1.29 is 14.3 Å². The Hall–Kier alpha value is -2.50. The zero-order valence-corrected chi connectivity index (χ0v) is 10.2. The van der Waals surface area contributed by atoms with Crippen molar-refractivity contribution in [3.63, 3.8) is 0 Å². The second kappa shape index (κ2) is 4.31. The number of nitrogens with two attached hydrogens (primary N) is 1. The second-order valence-electron chi connectivity index (χ2n) is 4.42. The van der Waals surface area contributed by atoms with Gasteiger partial charge in [0.05, 0.1) is 18.8 Å². The van der Waals surface area contributed by atoms with Crippen molar-refractivity contribution in [2.45, 2.75) is 0 Å². The minimum atomic E-state index is -0.545. The van der Waals surface area contributed by atoms with Crippen LogP contribution in [-0.2, 0) is 14.3 Å². The molecule has 19 heavy (non-hydrogen) atoms. The van der Waals surface area contributed by atoms with Gasteiger partial charge in [-0.05, 0) is 18.2 Å². The minimum Gasteiger partial charge on any atom is -0.498 e. The van der Waals surface area contributed by atoms with E-state index in [0.29, 0.717) is 19.0 Å². The highest BCUT2D eigenvalue weighted by Crippen LogP contribution is 2.33. The summed E-state index contributed by atoms with van der Waals surface area (Å²) in [5.41, 5.74) is 5.03. The van der Waals surface area contributed by atoms with E-state index in [2.05, 4.69) is 4.99 Å². The molecule has 0 bridgehead atoms. The van der Waals surface area contributed by atoms with Gasteiger partial charge in [-0.3, -0.25) is 4.79 Å².